The van der Waals surface area contributed by atoms with Gasteiger partial charge in [-0.3, -0.25) is 0 Å². The Morgan fingerprint density at radius 3 is 2.50 bits per heavy atom. The molecule has 0 saturated heterocycles. The van der Waals surface area contributed by atoms with Crippen LogP contribution in [0.1, 0.15) is 27.2 Å². The van der Waals surface area contributed by atoms with Gasteiger partial charge in [0.2, 0.25) is 0 Å². The summed E-state index contributed by atoms with van der Waals surface area (Å²) in [5, 5.41) is 9.15. The van der Waals surface area contributed by atoms with Crippen molar-refractivity contribution < 1.29 is 5.11 Å². The van der Waals surface area contributed by atoms with E-state index in [-0.39, 0.29) is 6.10 Å². The van der Waals surface area contributed by atoms with Crippen LogP contribution in [0.4, 0.5) is 0 Å². The molecule has 0 aliphatic rings. The van der Waals surface area contributed by atoms with E-state index in [2.05, 4.69) is 6.92 Å². The minimum Gasteiger partial charge on any atom is -0.389 e. The van der Waals surface area contributed by atoms with Crippen LogP contribution in [0.5, 0.6) is 0 Å². The highest BCUT2D eigenvalue weighted by Gasteiger charge is 1.97. The van der Waals surface area contributed by atoms with Gasteiger partial charge in [-0.25, -0.2) is 0 Å². The van der Waals surface area contributed by atoms with Crippen LogP contribution >= 0.6 is 0 Å². The van der Waals surface area contributed by atoms with E-state index < -0.39 is 0 Å². The molecule has 0 aromatic rings. The summed E-state index contributed by atoms with van der Waals surface area (Å²) < 4.78 is 0. The molecule has 0 fully saturated rings. The lowest BCUT2D eigenvalue weighted by Gasteiger charge is -2.03. The summed E-state index contributed by atoms with van der Waals surface area (Å²) >= 11 is 0. The zero-order chi connectivity index (χ0) is 7.98. The standard InChI is InChI=1S/C9H16O/c1-4-6-9(7-5-2)8(3)10/h4,6-8,10H,5H2,1-3H3/b6-4-,9-7+. The average molecular weight is 140 g/mol. The van der Waals surface area contributed by atoms with E-state index in [1.807, 2.05) is 25.2 Å². The molecular formula is C9H16O. The molecule has 1 unspecified atom stereocenters. The second-order valence-corrected chi connectivity index (χ2v) is 2.29. The van der Waals surface area contributed by atoms with E-state index in [0.717, 1.165) is 12.0 Å². The smallest absolute Gasteiger partial charge is 0.0758 e. The Bertz CT molecular complexity index is 132. The van der Waals surface area contributed by atoms with Gasteiger partial charge < -0.3 is 5.11 Å². The van der Waals surface area contributed by atoms with Crippen molar-refractivity contribution in [3.05, 3.63) is 23.8 Å². The van der Waals surface area contributed by atoms with Gasteiger partial charge in [0.05, 0.1) is 6.10 Å². The zero-order valence-electron chi connectivity index (χ0n) is 6.96. The number of aliphatic hydroxyl groups excluding tert-OH is 1. The van der Waals surface area contributed by atoms with Crippen molar-refractivity contribution in [1.82, 2.24) is 0 Å². The molecule has 0 heterocycles. The second kappa shape index (κ2) is 5.24. The SMILES string of the molecule is C/C=C\C(=C/CC)C(C)O. The van der Waals surface area contributed by atoms with Crippen LogP contribution in [0.15, 0.2) is 23.8 Å². The first kappa shape index (κ1) is 9.44. The highest BCUT2D eigenvalue weighted by molar-refractivity contribution is 5.21. The summed E-state index contributed by atoms with van der Waals surface area (Å²) in [5.74, 6) is 0. The molecule has 1 heteroatoms. The molecule has 0 amide bonds. The second-order valence-electron chi connectivity index (χ2n) is 2.29. The van der Waals surface area contributed by atoms with Crippen molar-refractivity contribution in [3.63, 3.8) is 0 Å². The molecule has 0 radical (unpaired) electrons. The van der Waals surface area contributed by atoms with Crippen LogP contribution in [0.25, 0.3) is 0 Å². The molecular weight excluding hydrogens is 124 g/mol. The minimum atomic E-state index is -0.337. The maximum atomic E-state index is 9.15. The van der Waals surface area contributed by atoms with Crippen molar-refractivity contribution in [2.45, 2.75) is 33.3 Å². The molecule has 0 aromatic carbocycles. The van der Waals surface area contributed by atoms with E-state index in [0.29, 0.717) is 0 Å². The van der Waals surface area contributed by atoms with E-state index in [1.165, 1.54) is 0 Å². The van der Waals surface area contributed by atoms with Crippen LogP contribution < -0.4 is 0 Å². The van der Waals surface area contributed by atoms with E-state index >= 15 is 0 Å². The summed E-state index contributed by atoms with van der Waals surface area (Å²) in [6.07, 6.45) is 6.55. The summed E-state index contributed by atoms with van der Waals surface area (Å²) in [5.41, 5.74) is 1.00. The van der Waals surface area contributed by atoms with Crippen molar-refractivity contribution in [3.8, 4) is 0 Å². The third-order valence-electron chi connectivity index (χ3n) is 1.28. The minimum absolute atomic E-state index is 0.337. The van der Waals surface area contributed by atoms with Gasteiger partial charge in [0.1, 0.15) is 0 Å². The van der Waals surface area contributed by atoms with Gasteiger partial charge >= 0.3 is 0 Å². The molecule has 0 aliphatic heterocycles. The molecule has 0 aliphatic carbocycles. The molecule has 0 saturated carbocycles. The first-order valence-electron chi connectivity index (χ1n) is 3.73. The normalized spacial score (nSPS) is 16.2. The monoisotopic (exact) mass is 140 g/mol. The van der Waals surface area contributed by atoms with Crippen molar-refractivity contribution in [1.29, 1.82) is 0 Å². The van der Waals surface area contributed by atoms with Gasteiger partial charge in [-0.15, -0.1) is 0 Å². The van der Waals surface area contributed by atoms with Crippen molar-refractivity contribution >= 4 is 0 Å². The van der Waals surface area contributed by atoms with Gasteiger partial charge in [0, 0.05) is 0 Å². The fourth-order valence-corrected chi connectivity index (χ4v) is 0.806. The van der Waals surface area contributed by atoms with Crippen LogP contribution in [-0.4, -0.2) is 11.2 Å². The fourth-order valence-electron chi connectivity index (χ4n) is 0.806. The first-order valence-corrected chi connectivity index (χ1v) is 3.73. The zero-order valence-corrected chi connectivity index (χ0v) is 6.96. The Kier molecular flexibility index (Phi) is 4.95. The third-order valence-corrected chi connectivity index (χ3v) is 1.28. The first-order chi connectivity index (χ1) is 4.72. The maximum Gasteiger partial charge on any atom is 0.0758 e. The number of rotatable bonds is 3. The molecule has 1 atom stereocenters. The lowest BCUT2D eigenvalue weighted by molar-refractivity contribution is 0.235. The summed E-state index contributed by atoms with van der Waals surface area (Å²) in [7, 11) is 0. The van der Waals surface area contributed by atoms with E-state index in [1.54, 1.807) is 6.92 Å². The maximum absolute atomic E-state index is 9.15. The summed E-state index contributed by atoms with van der Waals surface area (Å²) in [6.45, 7) is 5.79. The number of allylic oxidation sites excluding steroid dienone is 2. The predicted molar refractivity (Wildman–Crippen MR) is 44.9 cm³/mol. The topological polar surface area (TPSA) is 20.2 Å². The molecule has 1 N–H and O–H groups in total. The van der Waals surface area contributed by atoms with Gasteiger partial charge in [-0.1, -0.05) is 25.2 Å². The predicted octanol–water partition coefficient (Wildman–Crippen LogP) is 2.28. The van der Waals surface area contributed by atoms with Crippen molar-refractivity contribution in [2.75, 3.05) is 0 Å². The number of hydrogen-bond donors (Lipinski definition) is 1. The van der Waals surface area contributed by atoms with Crippen LogP contribution in [0.2, 0.25) is 0 Å². The fraction of sp³-hybridized carbons (Fsp3) is 0.556. The molecule has 1 nitrogen and oxygen atoms in total. The van der Waals surface area contributed by atoms with Crippen LogP contribution in [0, 0.1) is 0 Å². The Hall–Kier alpha value is -0.560. The lowest BCUT2D eigenvalue weighted by Crippen LogP contribution is -2.01. The molecule has 58 valence electrons. The van der Waals surface area contributed by atoms with Gasteiger partial charge in [0.15, 0.2) is 0 Å². The molecule has 0 bridgehead atoms. The molecule has 0 spiro atoms. The third kappa shape index (κ3) is 3.46. The van der Waals surface area contributed by atoms with Crippen molar-refractivity contribution in [2.24, 2.45) is 0 Å². The Morgan fingerprint density at radius 2 is 2.20 bits per heavy atom. The largest absolute Gasteiger partial charge is 0.389 e. The van der Waals surface area contributed by atoms with Gasteiger partial charge in [0.25, 0.3) is 0 Å². The number of aliphatic hydroxyl groups is 1. The van der Waals surface area contributed by atoms with Gasteiger partial charge in [-0.2, -0.15) is 0 Å². The van der Waals surface area contributed by atoms with E-state index in [4.69, 9.17) is 5.11 Å². The van der Waals surface area contributed by atoms with E-state index in [9.17, 15) is 0 Å². The quantitative estimate of drug-likeness (QED) is 0.596. The Morgan fingerprint density at radius 1 is 1.60 bits per heavy atom. The summed E-state index contributed by atoms with van der Waals surface area (Å²) in [4.78, 5) is 0. The van der Waals surface area contributed by atoms with Gasteiger partial charge in [-0.05, 0) is 25.8 Å². The van der Waals surface area contributed by atoms with Crippen LogP contribution in [0.3, 0.4) is 0 Å². The Labute approximate surface area is 63.1 Å². The Balaban J connectivity index is 4.11. The highest BCUT2D eigenvalue weighted by atomic mass is 16.3. The molecule has 0 aromatic heterocycles. The molecule has 0 rings (SSSR count). The lowest BCUT2D eigenvalue weighted by atomic mass is 10.1. The highest BCUT2D eigenvalue weighted by Crippen LogP contribution is 2.04. The molecule has 10 heavy (non-hydrogen) atoms. The van der Waals surface area contributed by atoms with Crippen LogP contribution in [-0.2, 0) is 0 Å². The number of hydrogen-bond acceptors (Lipinski definition) is 1. The summed E-state index contributed by atoms with van der Waals surface area (Å²) in [6, 6.07) is 0. The average Bonchev–Trinajstić information content (AvgIpc) is 1.87.